The summed E-state index contributed by atoms with van der Waals surface area (Å²) in [6.07, 6.45) is 49.3. The summed E-state index contributed by atoms with van der Waals surface area (Å²) in [6.45, 7) is 3.26. The summed E-state index contributed by atoms with van der Waals surface area (Å²) in [5.74, 6) is -1.31. The predicted octanol–water partition coefficient (Wildman–Crippen LogP) is 14.8. The molecule has 1 atom stereocenters. The van der Waals surface area contributed by atoms with Gasteiger partial charge in [0.05, 0.1) is 6.10 Å². The maximum atomic E-state index is 10.6. The third-order valence-electron chi connectivity index (χ3n) is 10.4. The molecule has 0 rings (SSSR count). The summed E-state index contributed by atoms with van der Waals surface area (Å²) >= 11 is 0. The summed E-state index contributed by atoms with van der Waals surface area (Å²) in [5, 5.41) is 17.4. The molecule has 0 aromatic heterocycles. The number of unbranched alkanes of at least 4 members (excludes halogenated alkanes) is 32. The van der Waals surface area contributed by atoms with Crippen LogP contribution in [0.3, 0.4) is 0 Å². The summed E-state index contributed by atoms with van der Waals surface area (Å²) in [6, 6.07) is 0. The number of rotatable bonds is 43. The molecule has 0 saturated heterocycles. The van der Waals surface area contributed by atoms with Crippen molar-refractivity contribution in [2.75, 3.05) is 6.61 Å². The van der Waals surface area contributed by atoms with Gasteiger partial charge in [-0.15, -0.1) is 0 Å². The van der Waals surface area contributed by atoms with Crippen LogP contribution in [-0.4, -0.2) is 34.9 Å². The second-order valence-corrected chi connectivity index (χ2v) is 15.4. The SMILES string of the molecule is CCCCCCCCC(CCCCCCCCCCCCCCCCC(=O)O)OCCCCCCCCCCCCCCCCCC(=O)O. The van der Waals surface area contributed by atoms with Crippen LogP contribution < -0.4 is 0 Å². The number of aliphatic carboxylic acids is 2. The lowest BCUT2D eigenvalue weighted by Crippen LogP contribution is -2.14. The first-order valence-electron chi connectivity index (χ1n) is 22.1. The molecule has 0 spiro atoms. The standard InChI is InChI=1S/C44H86O5/c1-2-3-4-5-27-32-37-42(38-33-28-23-19-15-11-8-9-13-17-21-25-30-35-40-44(47)48)49-41-36-31-26-22-18-14-10-6-7-12-16-20-24-29-34-39-43(45)46/h42H,2-41H2,1H3,(H,45,46)(H,47,48). The number of carboxylic acid groups (broad SMARTS) is 2. The van der Waals surface area contributed by atoms with Crippen molar-refractivity contribution in [2.45, 2.75) is 263 Å². The number of carbonyl (C=O) groups is 2. The highest BCUT2D eigenvalue weighted by Gasteiger charge is 2.09. The highest BCUT2D eigenvalue weighted by Crippen LogP contribution is 2.19. The van der Waals surface area contributed by atoms with Gasteiger partial charge in [0, 0.05) is 19.4 Å². The van der Waals surface area contributed by atoms with E-state index in [0.717, 1.165) is 32.3 Å². The van der Waals surface area contributed by atoms with E-state index in [1.165, 1.54) is 212 Å². The molecule has 0 amide bonds. The van der Waals surface area contributed by atoms with Gasteiger partial charge in [-0.25, -0.2) is 0 Å². The second kappa shape index (κ2) is 41.3. The Morgan fingerprint density at radius 2 is 0.612 bits per heavy atom. The Hall–Kier alpha value is -1.10. The fourth-order valence-corrected chi connectivity index (χ4v) is 7.16. The lowest BCUT2D eigenvalue weighted by molar-refractivity contribution is -0.138. The zero-order valence-corrected chi connectivity index (χ0v) is 33.0. The Bertz CT molecular complexity index is 666. The Kier molecular flexibility index (Phi) is 40.4. The summed E-state index contributed by atoms with van der Waals surface area (Å²) in [5.41, 5.74) is 0. The molecule has 0 fully saturated rings. The Morgan fingerprint density at radius 3 is 0.898 bits per heavy atom. The van der Waals surface area contributed by atoms with Gasteiger partial charge in [-0.2, -0.15) is 0 Å². The van der Waals surface area contributed by atoms with E-state index in [9.17, 15) is 9.59 Å². The molecule has 1 unspecified atom stereocenters. The van der Waals surface area contributed by atoms with Crippen LogP contribution in [0.2, 0.25) is 0 Å². The monoisotopic (exact) mass is 695 g/mol. The zero-order chi connectivity index (χ0) is 35.7. The lowest BCUT2D eigenvalue weighted by atomic mass is 10.0. The minimum absolute atomic E-state index is 0.333. The van der Waals surface area contributed by atoms with Gasteiger partial charge in [-0.05, 0) is 32.1 Å². The third kappa shape index (κ3) is 43.0. The molecule has 5 heteroatoms. The van der Waals surface area contributed by atoms with Gasteiger partial charge < -0.3 is 14.9 Å². The molecule has 0 aromatic rings. The molecule has 0 heterocycles. The minimum atomic E-state index is -0.657. The van der Waals surface area contributed by atoms with E-state index in [2.05, 4.69) is 6.92 Å². The molecule has 0 aromatic carbocycles. The van der Waals surface area contributed by atoms with E-state index in [0.29, 0.717) is 18.9 Å². The number of carboxylic acids is 2. The molecule has 0 aliphatic heterocycles. The van der Waals surface area contributed by atoms with E-state index in [-0.39, 0.29) is 0 Å². The molecule has 0 bridgehead atoms. The summed E-state index contributed by atoms with van der Waals surface area (Å²) in [7, 11) is 0. The fourth-order valence-electron chi connectivity index (χ4n) is 7.16. The first kappa shape index (κ1) is 47.9. The van der Waals surface area contributed by atoms with Crippen LogP contribution in [0, 0.1) is 0 Å². The Balaban J connectivity index is 3.71. The van der Waals surface area contributed by atoms with E-state index in [4.69, 9.17) is 14.9 Å². The highest BCUT2D eigenvalue weighted by atomic mass is 16.5. The minimum Gasteiger partial charge on any atom is -0.481 e. The smallest absolute Gasteiger partial charge is 0.303 e. The maximum absolute atomic E-state index is 10.6. The van der Waals surface area contributed by atoms with Crippen LogP contribution in [0.25, 0.3) is 0 Å². The van der Waals surface area contributed by atoms with Gasteiger partial charge in [-0.3, -0.25) is 9.59 Å². The van der Waals surface area contributed by atoms with Crippen molar-refractivity contribution in [1.29, 1.82) is 0 Å². The molecule has 292 valence electrons. The molecule has 0 aliphatic carbocycles. The number of hydrogen-bond acceptors (Lipinski definition) is 3. The average Bonchev–Trinajstić information content (AvgIpc) is 3.08. The van der Waals surface area contributed by atoms with Gasteiger partial charge >= 0.3 is 11.9 Å². The van der Waals surface area contributed by atoms with Crippen LogP contribution in [0.1, 0.15) is 257 Å². The zero-order valence-electron chi connectivity index (χ0n) is 33.0. The first-order valence-corrected chi connectivity index (χ1v) is 22.1. The molecule has 49 heavy (non-hydrogen) atoms. The van der Waals surface area contributed by atoms with Crippen molar-refractivity contribution in [1.82, 2.24) is 0 Å². The molecule has 2 N–H and O–H groups in total. The maximum Gasteiger partial charge on any atom is 0.303 e. The van der Waals surface area contributed by atoms with E-state index in [1.807, 2.05) is 0 Å². The van der Waals surface area contributed by atoms with Crippen molar-refractivity contribution < 1.29 is 24.5 Å². The van der Waals surface area contributed by atoms with Gasteiger partial charge in [0.2, 0.25) is 0 Å². The van der Waals surface area contributed by atoms with Crippen LogP contribution >= 0.6 is 0 Å². The van der Waals surface area contributed by atoms with E-state index >= 15 is 0 Å². The summed E-state index contributed by atoms with van der Waals surface area (Å²) in [4.78, 5) is 21.1. The van der Waals surface area contributed by atoms with Crippen LogP contribution in [0.4, 0.5) is 0 Å². The Morgan fingerprint density at radius 1 is 0.367 bits per heavy atom. The topological polar surface area (TPSA) is 83.8 Å². The molecule has 0 aliphatic rings. The molecule has 0 saturated carbocycles. The van der Waals surface area contributed by atoms with Crippen LogP contribution in [-0.2, 0) is 14.3 Å². The Labute approximate surface area is 305 Å². The number of ether oxygens (including phenoxy) is 1. The van der Waals surface area contributed by atoms with Crippen molar-refractivity contribution in [3.05, 3.63) is 0 Å². The second-order valence-electron chi connectivity index (χ2n) is 15.4. The summed E-state index contributed by atoms with van der Waals surface area (Å²) < 4.78 is 6.48. The predicted molar refractivity (Wildman–Crippen MR) is 211 cm³/mol. The first-order chi connectivity index (χ1) is 24.1. The van der Waals surface area contributed by atoms with Crippen molar-refractivity contribution in [3.63, 3.8) is 0 Å². The van der Waals surface area contributed by atoms with Gasteiger partial charge in [-0.1, -0.05) is 212 Å². The van der Waals surface area contributed by atoms with Gasteiger partial charge in [0.1, 0.15) is 0 Å². The van der Waals surface area contributed by atoms with Crippen LogP contribution in [0.15, 0.2) is 0 Å². The quantitative estimate of drug-likeness (QED) is 0.0621. The lowest BCUT2D eigenvalue weighted by Gasteiger charge is -2.18. The highest BCUT2D eigenvalue weighted by molar-refractivity contribution is 5.66. The molecular formula is C44H86O5. The number of hydrogen-bond donors (Lipinski definition) is 2. The van der Waals surface area contributed by atoms with E-state index < -0.39 is 11.9 Å². The normalized spacial score (nSPS) is 12.1. The molecular weight excluding hydrogens is 608 g/mol. The third-order valence-corrected chi connectivity index (χ3v) is 10.4. The van der Waals surface area contributed by atoms with Gasteiger partial charge in [0.15, 0.2) is 0 Å². The largest absolute Gasteiger partial charge is 0.481 e. The van der Waals surface area contributed by atoms with E-state index in [1.54, 1.807) is 0 Å². The van der Waals surface area contributed by atoms with Crippen LogP contribution in [0.5, 0.6) is 0 Å². The van der Waals surface area contributed by atoms with Crippen molar-refractivity contribution in [2.24, 2.45) is 0 Å². The molecule has 0 radical (unpaired) electrons. The van der Waals surface area contributed by atoms with Crippen molar-refractivity contribution in [3.8, 4) is 0 Å². The van der Waals surface area contributed by atoms with Crippen molar-refractivity contribution >= 4 is 11.9 Å². The fraction of sp³-hybridized carbons (Fsp3) is 0.955. The van der Waals surface area contributed by atoms with Gasteiger partial charge in [0.25, 0.3) is 0 Å². The molecule has 5 nitrogen and oxygen atoms in total. The average molecular weight is 695 g/mol.